The van der Waals surface area contributed by atoms with Crippen LogP contribution in [0.3, 0.4) is 0 Å². The Bertz CT molecular complexity index is 966. The second-order valence-corrected chi connectivity index (χ2v) is 7.29. The Kier molecular flexibility index (Phi) is 6.40. The van der Waals surface area contributed by atoms with Crippen LogP contribution in [0.5, 0.6) is 0 Å². The van der Waals surface area contributed by atoms with Crippen molar-refractivity contribution in [2.75, 3.05) is 4.90 Å². The lowest BCUT2D eigenvalue weighted by atomic mass is 10.2. The summed E-state index contributed by atoms with van der Waals surface area (Å²) >= 11 is 24.2. The highest BCUT2D eigenvalue weighted by molar-refractivity contribution is 6.36. The van der Waals surface area contributed by atoms with Crippen molar-refractivity contribution in [1.29, 1.82) is 0 Å². The fourth-order valence-electron chi connectivity index (χ4n) is 2.37. The third kappa shape index (κ3) is 5.24. The molecular weight excluding hydrogens is 426 g/mol. The average molecular weight is 438 g/mol. The number of carbonyl (C=O) groups is 1. The molecule has 0 aliphatic rings. The number of nitrogens with zero attached hydrogens (tertiary/aromatic N) is 2. The summed E-state index contributed by atoms with van der Waals surface area (Å²) in [5.74, 6) is -0.286. The van der Waals surface area contributed by atoms with Crippen LogP contribution in [0.1, 0.15) is 10.4 Å². The summed E-state index contributed by atoms with van der Waals surface area (Å²) in [6.45, 7) is 0. The molecule has 3 nitrogen and oxygen atoms in total. The van der Waals surface area contributed by atoms with E-state index in [2.05, 4.69) is 4.99 Å². The maximum atomic E-state index is 13.0. The lowest BCUT2D eigenvalue weighted by Crippen LogP contribution is -2.29. The number of hydrogen-bond donors (Lipinski definition) is 0. The molecule has 0 fully saturated rings. The zero-order valence-electron chi connectivity index (χ0n) is 13.7. The first-order chi connectivity index (χ1) is 12.9. The Hall–Kier alpha value is -2.04. The molecule has 3 aromatic rings. The number of rotatable bonds is 4. The largest absolute Gasteiger partial charge is 0.268 e. The number of hydrogen-bond acceptors (Lipinski definition) is 2. The van der Waals surface area contributed by atoms with Crippen LogP contribution in [0.4, 0.5) is 11.4 Å². The van der Waals surface area contributed by atoms with Crippen LogP contribution in [0.25, 0.3) is 0 Å². The van der Waals surface area contributed by atoms with Gasteiger partial charge in [-0.05, 0) is 48.5 Å². The minimum atomic E-state index is -0.286. The van der Waals surface area contributed by atoms with E-state index >= 15 is 0 Å². The maximum Gasteiger partial charge on any atom is 0.263 e. The van der Waals surface area contributed by atoms with Gasteiger partial charge in [0.2, 0.25) is 0 Å². The smallest absolute Gasteiger partial charge is 0.263 e. The highest BCUT2D eigenvalue weighted by Crippen LogP contribution is 2.28. The molecule has 0 spiro atoms. The lowest BCUT2D eigenvalue weighted by molar-refractivity contribution is 0.100. The summed E-state index contributed by atoms with van der Waals surface area (Å²) in [6.07, 6.45) is 1.39. The topological polar surface area (TPSA) is 32.7 Å². The summed E-state index contributed by atoms with van der Waals surface area (Å²) in [5, 5.41) is 1.70. The van der Waals surface area contributed by atoms with E-state index in [0.29, 0.717) is 37.0 Å². The van der Waals surface area contributed by atoms with Crippen LogP contribution in [0, 0.1) is 0 Å². The second-order valence-electron chi connectivity index (χ2n) is 5.54. The number of aliphatic imine (C=N–C) groups is 1. The molecule has 0 saturated carbocycles. The minimum Gasteiger partial charge on any atom is -0.268 e. The third-order valence-electron chi connectivity index (χ3n) is 3.53. The predicted octanol–water partition coefficient (Wildman–Crippen LogP) is 7.31. The van der Waals surface area contributed by atoms with E-state index in [0.717, 1.165) is 0 Å². The van der Waals surface area contributed by atoms with Gasteiger partial charge >= 0.3 is 0 Å². The van der Waals surface area contributed by atoms with Crippen LogP contribution in [0.2, 0.25) is 20.1 Å². The van der Waals surface area contributed by atoms with Gasteiger partial charge in [-0.1, -0.05) is 64.6 Å². The first-order valence-corrected chi connectivity index (χ1v) is 9.28. The standard InChI is InChI=1S/C20H12Cl4N2O/c21-14-6-15(22)9-18(8-14)25-12-26(19-10-16(23)7-17(24)11-19)20(27)13-4-2-1-3-5-13/h1-12H. The summed E-state index contributed by atoms with van der Waals surface area (Å²) in [4.78, 5) is 18.7. The van der Waals surface area contributed by atoms with Crippen molar-refractivity contribution in [3.63, 3.8) is 0 Å². The van der Waals surface area contributed by atoms with Crippen molar-refractivity contribution < 1.29 is 4.79 Å². The molecule has 0 N–H and O–H groups in total. The molecule has 0 radical (unpaired) electrons. The Morgan fingerprint density at radius 1 is 0.778 bits per heavy atom. The molecule has 1 amide bonds. The second kappa shape index (κ2) is 8.77. The first-order valence-electron chi connectivity index (χ1n) is 7.77. The van der Waals surface area contributed by atoms with E-state index in [1.807, 2.05) is 6.07 Å². The highest BCUT2D eigenvalue weighted by atomic mass is 35.5. The zero-order valence-corrected chi connectivity index (χ0v) is 16.8. The van der Waals surface area contributed by atoms with Gasteiger partial charge in [0.25, 0.3) is 5.91 Å². The molecule has 27 heavy (non-hydrogen) atoms. The Labute approximate surface area is 176 Å². The van der Waals surface area contributed by atoms with E-state index in [-0.39, 0.29) is 5.91 Å². The van der Waals surface area contributed by atoms with Gasteiger partial charge in [-0.2, -0.15) is 0 Å². The SMILES string of the molecule is O=C(c1ccccc1)N(C=Nc1cc(Cl)cc(Cl)c1)c1cc(Cl)cc(Cl)c1. The summed E-state index contributed by atoms with van der Waals surface area (Å²) in [7, 11) is 0. The van der Waals surface area contributed by atoms with Gasteiger partial charge in [0, 0.05) is 25.7 Å². The summed E-state index contributed by atoms with van der Waals surface area (Å²) in [5.41, 5.74) is 1.48. The van der Waals surface area contributed by atoms with E-state index < -0.39 is 0 Å². The van der Waals surface area contributed by atoms with Gasteiger partial charge in [-0.25, -0.2) is 4.99 Å². The van der Waals surface area contributed by atoms with Gasteiger partial charge in [-0.15, -0.1) is 0 Å². The Morgan fingerprint density at radius 2 is 1.30 bits per heavy atom. The number of anilines is 1. The van der Waals surface area contributed by atoms with Gasteiger partial charge in [0.15, 0.2) is 0 Å². The fourth-order valence-corrected chi connectivity index (χ4v) is 3.40. The van der Waals surface area contributed by atoms with Gasteiger partial charge in [-0.3, -0.25) is 9.69 Å². The van der Waals surface area contributed by atoms with Crippen LogP contribution in [-0.4, -0.2) is 12.2 Å². The number of amides is 1. The molecule has 0 unspecified atom stereocenters. The molecule has 0 aliphatic carbocycles. The predicted molar refractivity (Wildman–Crippen MR) is 114 cm³/mol. The Morgan fingerprint density at radius 3 is 1.85 bits per heavy atom. The van der Waals surface area contributed by atoms with Crippen LogP contribution in [-0.2, 0) is 0 Å². The highest BCUT2D eigenvalue weighted by Gasteiger charge is 2.17. The Balaban J connectivity index is 2.04. The third-order valence-corrected chi connectivity index (χ3v) is 4.41. The van der Waals surface area contributed by atoms with Crippen molar-refractivity contribution >= 4 is 70.0 Å². The fraction of sp³-hybridized carbons (Fsp3) is 0. The first kappa shape index (κ1) is 19.7. The number of halogens is 4. The molecule has 7 heteroatoms. The molecule has 136 valence electrons. The van der Waals surface area contributed by atoms with Gasteiger partial charge < -0.3 is 0 Å². The van der Waals surface area contributed by atoms with Crippen molar-refractivity contribution in [2.24, 2.45) is 4.99 Å². The zero-order chi connectivity index (χ0) is 19.4. The molecule has 0 aromatic heterocycles. The molecule has 0 heterocycles. The summed E-state index contributed by atoms with van der Waals surface area (Å²) in [6, 6.07) is 18.6. The number of benzene rings is 3. The molecule has 0 bridgehead atoms. The lowest BCUT2D eigenvalue weighted by Gasteiger charge is -2.18. The van der Waals surface area contributed by atoms with Crippen molar-refractivity contribution in [2.45, 2.75) is 0 Å². The maximum absolute atomic E-state index is 13.0. The van der Waals surface area contributed by atoms with Crippen molar-refractivity contribution in [1.82, 2.24) is 0 Å². The molecule has 0 atom stereocenters. The quantitative estimate of drug-likeness (QED) is 0.311. The van der Waals surface area contributed by atoms with E-state index in [9.17, 15) is 4.79 Å². The van der Waals surface area contributed by atoms with E-state index in [1.54, 1.807) is 60.7 Å². The normalized spacial score (nSPS) is 11.0. The van der Waals surface area contributed by atoms with E-state index in [1.165, 1.54) is 11.2 Å². The van der Waals surface area contributed by atoms with Crippen LogP contribution in [0.15, 0.2) is 71.7 Å². The van der Waals surface area contributed by atoms with Crippen molar-refractivity contribution in [3.05, 3.63) is 92.4 Å². The minimum absolute atomic E-state index is 0.286. The van der Waals surface area contributed by atoms with E-state index in [4.69, 9.17) is 46.4 Å². The molecule has 3 rings (SSSR count). The van der Waals surface area contributed by atoms with Gasteiger partial charge in [0.05, 0.1) is 11.4 Å². The van der Waals surface area contributed by atoms with Crippen LogP contribution >= 0.6 is 46.4 Å². The molecule has 3 aromatic carbocycles. The average Bonchev–Trinajstić information content (AvgIpc) is 2.61. The molecule has 0 saturated heterocycles. The number of carbonyl (C=O) groups excluding carboxylic acids is 1. The monoisotopic (exact) mass is 436 g/mol. The van der Waals surface area contributed by atoms with Crippen molar-refractivity contribution in [3.8, 4) is 0 Å². The summed E-state index contributed by atoms with van der Waals surface area (Å²) < 4.78 is 0. The molecule has 0 aliphatic heterocycles. The van der Waals surface area contributed by atoms with Crippen LogP contribution < -0.4 is 4.90 Å². The molecular formula is C20H12Cl4N2O. The van der Waals surface area contributed by atoms with Gasteiger partial charge in [0.1, 0.15) is 6.34 Å².